The van der Waals surface area contributed by atoms with E-state index in [1.165, 1.54) is 35.2 Å². The Labute approximate surface area is 313 Å². The monoisotopic (exact) mass is 824 g/mol. The summed E-state index contributed by atoms with van der Waals surface area (Å²) in [6.07, 6.45) is 0. The van der Waals surface area contributed by atoms with Crippen LogP contribution in [0, 0.1) is 10.1 Å². The maximum atomic E-state index is 12.9. The van der Waals surface area contributed by atoms with Crippen LogP contribution in [-0.2, 0) is 33.8 Å². The Balaban J connectivity index is 1.46. The molecular formula is C29H25ClN8O13S3. The topological polar surface area (TPSA) is 299 Å². The van der Waals surface area contributed by atoms with Gasteiger partial charge in [0.25, 0.3) is 5.69 Å². The van der Waals surface area contributed by atoms with Crippen molar-refractivity contribution < 1.29 is 55.3 Å². The number of benzene rings is 4. The van der Waals surface area contributed by atoms with Gasteiger partial charge in [0.15, 0.2) is 15.6 Å². The number of nitro benzene ring substituents is 1. The fraction of sp³-hybridized carbons (Fsp3) is 0.138. The number of sulfone groups is 1. The third-order valence-electron chi connectivity index (χ3n) is 7.12. The van der Waals surface area contributed by atoms with Crippen molar-refractivity contribution in [2.24, 2.45) is 10.2 Å². The molecule has 1 aromatic heterocycles. The summed E-state index contributed by atoms with van der Waals surface area (Å²) < 4.78 is 64.8. The predicted molar refractivity (Wildman–Crippen MR) is 192 cm³/mol. The first-order valence-corrected chi connectivity index (χ1v) is 19.0. The smallest absolute Gasteiger partial charge is 0.397 e. The number of phenolic OH excluding ortho intramolecular Hbond substituents is 2. The standard InChI is InChI=1S/C29H25ClN8O13S3/c1-2-37(18-4-3-5-20(14-18)53(44,45)11-10-49-54(46,47)48)29-33-27(30)32-28(34-29)31-17-7-6-16-12-24(52-51-50-43)25(26(40)21(16)13-17)36-35-22-15-19(38(41)42)8-9-23(22)39/h3-9,12-15,39-40,43H,2,10-11H2,1H3,(H,46,47,48)(H,31,32,33,34). The Morgan fingerprint density at radius 1 is 1.02 bits per heavy atom. The van der Waals surface area contributed by atoms with Crippen LogP contribution in [0.2, 0.25) is 5.28 Å². The fourth-order valence-electron chi connectivity index (χ4n) is 4.74. The molecular weight excluding hydrogens is 800 g/mol. The average Bonchev–Trinajstić information content (AvgIpc) is 3.11. The molecule has 0 bridgehead atoms. The van der Waals surface area contributed by atoms with Gasteiger partial charge >= 0.3 is 10.4 Å². The molecule has 25 heteroatoms. The Kier molecular flexibility index (Phi) is 12.4. The Morgan fingerprint density at radius 3 is 2.50 bits per heavy atom. The maximum Gasteiger partial charge on any atom is 0.397 e. The van der Waals surface area contributed by atoms with Gasteiger partial charge in [-0.15, -0.1) is 14.6 Å². The second-order valence-corrected chi connectivity index (χ2v) is 14.8. The molecule has 0 fully saturated rings. The highest BCUT2D eigenvalue weighted by atomic mass is 35.5. The van der Waals surface area contributed by atoms with Gasteiger partial charge in [0, 0.05) is 35.4 Å². The van der Waals surface area contributed by atoms with E-state index in [0.717, 1.165) is 18.2 Å². The first kappa shape index (κ1) is 39.9. The van der Waals surface area contributed by atoms with E-state index < -0.39 is 49.0 Å². The van der Waals surface area contributed by atoms with Gasteiger partial charge in [-0.3, -0.25) is 14.7 Å². The van der Waals surface area contributed by atoms with Crippen LogP contribution in [0.3, 0.4) is 0 Å². The largest absolute Gasteiger partial charge is 0.506 e. The van der Waals surface area contributed by atoms with Crippen LogP contribution in [0.25, 0.3) is 10.8 Å². The number of hydrogen-bond donors (Lipinski definition) is 5. The van der Waals surface area contributed by atoms with E-state index in [4.69, 9.17) is 21.4 Å². The first-order chi connectivity index (χ1) is 25.6. The Morgan fingerprint density at radius 2 is 1.80 bits per heavy atom. The molecule has 5 rings (SSSR count). The van der Waals surface area contributed by atoms with Gasteiger partial charge < -0.3 is 20.4 Å². The summed E-state index contributed by atoms with van der Waals surface area (Å²) in [6, 6.07) is 14.9. The minimum absolute atomic E-state index is 0.00718. The summed E-state index contributed by atoms with van der Waals surface area (Å²) >= 11 is 6.71. The van der Waals surface area contributed by atoms with E-state index in [0.29, 0.717) is 28.8 Å². The lowest BCUT2D eigenvalue weighted by molar-refractivity contribution is -0.432. The summed E-state index contributed by atoms with van der Waals surface area (Å²) in [5, 5.41) is 56.3. The van der Waals surface area contributed by atoms with Gasteiger partial charge in [-0.05, 0) is 66.4 Å². The number of azo groups is 1. The van der Waals surface area contributed by atoms with Crippen molar-refractivity contribution in [3.8, 4) is 11.5 Å². The summed E-state index contributed by atoms with van der Waals surface area (Å²) in [7, 11) is -8.89. The van der Waals surface area contributed by atoms with Crippen molar-refractivity contribution in [2.45, 2.75) is 16.7 Å². The Bertz CT molecular complexity index is 2480. The van der Waals surface area contributed by atoms with Crippen molar-refractivity contribution in [1.82, 2.24) is 15.0 Å². The second-order valence-electron chi connectivity index (χ2n) is 10.5. The van der Waals surface area contributed by atoms with E-state index in [9.17, 15) is 37.2 Å². The normalized spacial score (nSPS) is 12.0. The van der Waals surface area contributed by atoms with Gasteiger partial charge in [0.05, 0.1) is 39.1 Å². The van der Waals surface area contributed by atoms with Crippen LogP contribution < -0.4 is 10.2 Å². The van der Waals surface area contributed by atoms with Crippen molar-refractivity contribution in [3.63, 3.8) is 0 Å². The van der Waals surface area contributed by atoms with Crippen LogP contribution in [0.5, 0.6) is 11.5 Å². The first-order valence-electron chi connectivity index (χ1n) is 14.8. The molecule has 4 aromatic carbocycles. The molecule has 0 aliphatic heterocycles. The molecule has 1 heterocycles. The fourth-order valence-corrected chi connectivity index (χ4v) is 6.91. The third-order valence-corrected chi connectivity index (χ3v) is 10.0. The number of nitrogens with zero attached hydrogens (tertiary/aromatic N) is 7. The number of hydrogen-bond acceptors (Lipinski definition) is 20. The summed E-state index contributed by atoms with van der Waals surface area (Å²) in [6.45, 7) is 1.14. The van der Waals surface area contributed by atoms with E-state index in [2.05, 4.69) is 44.1 Å². The quantitative estimate of drug-likeness (QED) is 0.0181. The minimum Gasteiger partial charge on any atom is -0.506 e. The number of nitro groups is 1. The van der Waals surface area contributed by atoms with Crippen LogP contribution in [0.15, 0.2) is 86.7 Å². The van der Waals surface area contributed by atoms with Gasteiger partial charge in [0.2, 0.25) is 17.2 Å². The van der Waals surface area contributed by atoms with Gasteiger partial charge in [-0.1, -0.05) is 17.2 Å². The van der Waals surface area contributed by atoms with Gasteiger partial charge in [-0.25, -0.2) is 17.9 Å². The number of aromatic nitrogens is 3. The molecule has 21 nitrogen and oxygen atoms in total. The molecule has 0 atom stereocenters. The molecule has 0 radical (unpaired) electrons. The zero-order valence-electron chi connectivity index (χ0n) is 27.2. The van der Waals surface area contributed by atoms with E-state index in [-0.39, 0.29) is 56.0 Å². The molecule has 0 saturated heterocycles. The van der Waals surface area contributed by atoms with Gasteiger partial charge in [-0.2, -0.15) is 23.4 Å². The number of anilines is 4. The molecule has 0 aliphatic carbocycles. The average molecular weight is 825 g/mol. The molecule has 0 aliphatic rings. The highest BCUT2D eigenvalue weighted by Gasteiger charge is 2.21. The van der Waals surface area contributed by atoms with Crippen LogP contribution >= 0.6 is 23.6 Å². The van der Waals surface area contributed by atoms with E-state index >= 15 is 0 Å². The molecule has 0 saturated carbocycles. The van der Waals surface area contributed by atoms with E-state index in [1.54, 1.807) is 25.1 Å². The predicted octanol–water partition coefficient (Wildman–Crippen LogP) is 6.34. The number of aromatic hydroxyl groups is 2. The Hall–Kier alpha value is -5.31. The maximum absolute atomic E-state index is 12.9. The lowest BCUT2D eigenvalue weighted by Crippen LogP contribution is -2.21. The number of fused-ring (bicyclic) bond motifs is 1. The SMILES string of the molecule is CCN(c1cccc(S(=O)(=O)CCOS(=O)(=O)O)c1)c1nc(Cl)nc(Nc2ccc3cc(SOOO)c(N=Nc4cc([N+](=O)[O-])ccc4O)c(O)c3c2)n1. The number of nitrogens with one attached hydrogen (secondary N) is 1. The summed E-state index contributed by atoms with van der Waals surface area (Å²) in [5.41, 5.74) is -0.242. The number of rotatable bonds is 16. The van der Waals surface area contributed by atoms with Crippen LogP contribution in [0.1, 0.15) is 6.92 Å². The van der Waals surface area contributed by atoms with Crippen molar-refractivity contribution in [3.05, 3.63) is 82.1 Å². The number of non-ortho nitro benzene ring substituents is 1. The zero-order chi connectivity index (χ0) is 39.2. The molecule has 0 amide bonds. The lowest BCUT2D eigenvalue weighted by atomic mass is 10.1. The molecule has 0 unspecified atom stereocenters. The molecule has 5 N–H and O–H groups in total. The zero-order valence-corrected chi connectivity index (χ0v) is 30.4. The van der Waals surface area contributed by atoms with Crippen LogP contribution in [-0.4, -0.2) is 75.6 Å². The summed E-state index contributed by atoms with van der Waals surface area (Å²) in [5.74, 6) is -1.69. The highest BCUT2D eigenvalue weighted by Crippen LogP contribution is 2.45. The van der Waals surface area contributed by atoms with Crippen molar-refractivity contribution in [2.75, 3.05) is 29.1 Å². The van der Waals surface area contributed by atoms with E-state index in [1.807, 2.05) is 0 Å². The van der Waals surface area contributed by atoms with Gasteiger partial charge in [0.1, 0.15) is 17.1 Å². The third kappa shape index (κ3) is 9.81. The highest BCUT2D eigenvalue weighted by molar-refractivity contribution is 7.94. The summed E-state index contributed by atoms with van der Waals surface area (Å²) in [4.78, 5) is 24.6. The van der Waals surface area contributed by atoms with Crippen molar-refractivity contribution in [1.29, 1.82) is 0 Å². The van der Waals surface area contributed by atoms with Crippen LogP contribution in [0.4, 0.5) is 40.3 Å². The lowest BCUT2D eigenvalue weighted by Gasteiger charge is -2.22. The molecule has 0 spiro atoms. The number of phenols is 2. The minimum atomic E-state index is -4.83. The van der Waals surface area contributed by atoms with Crippen molar-refractivity contribution >= 4 is 95.0 Å². The second kappa shape index (κ2) is 16.8. The molecule has 284 valence electrons. The number of halogens is 1. The molecule has 5 aromatic rings. The molecule has 54 heavy (non-hydrogen) atoms.